The predicted octanol–water partition coefficient (Wildman–Crippen LogP) is 5.22. The molecule has 3 heteroatoms. The van der Waals surface area contributed by atoms with Gasteiger partial charge < -0.3 is 9.77 Å². The average Bonchev–Trinajstić information content (AvgIpc) is 2.95. The smallest absolute Gasteiger partial charge is 0.103 e. The number of fused-ring (bicyclic) bond motifs is 3. The van der Waals surface area contributed by atoms with Crippen LogP contribution in [0.3, 0.4) is 0 Å². The highest BCUT2D eigenvalue weighted by molar-refractivity contribution is 6.06. The predicted molar refractivity (Wildman–Crippen MR) is 94.7 cm³/mol. The van der Waals surface area contributed by atoms with Gasteiger partial charge in [-0.3, -0.25) is 0 Å². The monoisotopic (exact) mass is 310 g/mol. The van der Waals surface area contributed by atoms with Crippen molar-refractivity contribution < 1.29 is 5.21 Å². The summed E-state index contributed by atoms with van der Waals surface area (Å²) in [6.45, 7) is 3.10. The first-order chi connectivity index (χ1) is 11.3. The van der Waals surface area contributed by atoms with Gasteiger partial charge >= 0.3 is 0 Å². The maximum Gasteiger partial charge on any atom is 0.103 e. The Kier molecular flexibility index (Phi) is 3.88. The van der Waals surface area contributed by atoms with Crippen LogP contribution in [-0.4, -0.2) is 15.5 Å². The van der Waals surface area contributed by atoms with E-state index in [1.807, 2.05) is 0 Å². The first-order valence-corrected chi connectivity index (χ1v) is 9.19. The van der Waals surface area contributed by atoms with Crippen molar-refractivity contribution >= 4 is 16.6 Å². The molecule has 1 saturated carbocycles. The lowest BCUT2D eigenvalue weighted by molar-refractivity contribution is 0.317. The Morgan fingerprint density at radius 1 is 1.13 bits per heavy atom. The van der Waals surface area contributed by atoms with Crippen molar-refractivity contribution in [2.24, 2.45) is 5.16 Å². The van der Waals surface area contributed by atoms with Crippen molar-refractivity contribution in [3.05, 3.63) is 35.0 Å². The highest BCUT2D eigenvalue weighted by Gasteiger charge is 2.25. The van der Waals surface area contributed by atoms with Crippen LogP contribution in [0.2, 0.25) is 0 Å². The van der Waals surface area contributed by atoms with Gasteiger partial charge in [0.25, 0.3) is 0 Å². The number of benzene rings is 1. The van der Waals surface area contributed by atoms with E-state index in [0.717, 1.165) is 37.4 Å². The maximum absolute atomic E-state index is 9.42. The Bertz CT molecular complexity index is 751. The van der Waals surface area contributed by atoms with Crippen LogP contribution in [0.15, 0.2) is 23.4 Å². The lowest BCUT2D eigenvalue weighted by Crippen LogP contribution is -2.15. The van der Waals surface area contributed by atoms with Crippen LogP contribution in [0, 0.1) is 0 Å². The van der Waals surface area contributed by atoms with Gasteiger partial charge in [-0.05, 0) is 68.2 Å². The second-order valence-electron chi connectivity index (χ2n) is 7.08. The topological polar surface area (TPSA) is 37.5 Å². The molecule has 1 aromatic carbocycles. The zero-order chi connectivity index (χ0) is 15.8. The number of aryl methyl sites for hydroxylation is 2. The van der Waals surface area contributed by atoms with E-state index in [2.05, 4.69) is 34.8 Å². The van der Waals surface area contributed by atoms with Gasteiger partial charge in [-0.2, -0.15) is 0 Å². The molecule has 2 aliphatic carbocycles. The highest BCUT2D eigenvalue weighted by atomic mass is 16.4. The van der Waals surface area contributed by atoms with Crippen molar-refractivity contribution in [3.63, 3.8) is 0 Å². The summed E-state index contributed by atoms with van der Waals surface area (Å²) < 4.78 is 2.34. The van der Waals surface area contributed by atoms with Crippen molar-refractivity contribution in [2.75, 3.05) is 0 Å². The lowest BCUT2D eigenvalue weighted by atomic mass is 9.83. The van der Waals surface area contributed by atoms with Gasteiger partial charge in [0.05, 0.1) is 5.69 Å². The van der Waals surface area contributed by atoms with E-state index >= 15 is 0 Å². The fourth-order valence-corrected chi connectivity index (χ4v) is 4.69. The van der Waals surface area contributed by atoms with Gasteiger partial charge in [-0.1, -0.05) is 30.5 Å². The van der Waals surface area contributed by atoms with Crippen molar-refractivity contribution in [3.8, 4) is 0 Å². The summed E-state index contributed by atoms with van der Waals surface area (Å²) in [6.07, 6.45) is 9.90. The molecule has 0 atom stereocenters. The van der Waals surface area contributed by atoms with E-state index in [0.29, 0.717) is 0 Å². The average molecular weight is 310 g/mol. The molecule has 122 valence electrons. The van der Waals surface area contributed by atoms with Gasteiger partial charge in [-0.15, -0.1) is 0 Å². The second-order valence-corrected chi connectivity index (χ2v) is 7.08. The van der Waals surface area contributed by atoms with Crippen LogP contribution in [0.25, 0.3) is 10.9 Å². The quantitative estimate of drug-likeness (QED) is 0.599. The number of rotatable bonds is 2. The zero-order valence-electron chi connectivity index (χ0n) is 14.0. The highest BCUT2D eigenvalue weighted by Crippen LogP contribution is 2.37. The summed E-state index contributed by atoms with van der Waals surface area (Å²) in [5.74, 6) is 0.739. The molecule has 0 saturated heterocycles. The molecule has 2 aromatic rings. The standard InChI is InChI=1S/C20H26N2O/c1-2-22-19-12-11-15(14-7-4-3-5-8-14)13-17(19)16-9-6-10-18(21-23)20(16)22/h11-14,23H,2-10H2,1H3. The molecule has 4 rings (SSSR count). The van der Waals surface area contributed by atoms with Crippen molar-refractivity contribution in [1.82, 2.24) is 4.57 Å². The van der Waals surface area contributed by atoms with E-state index in [9.17, 15) is 5.21 Å². The van der Waals surface area contributed by atoms with Gasteiger partial charge in [0, 0.05) is 17.4 Å². The summed E-state index contributed by atoms with van der Waals surface area (Å²) in [7, 11) is 0. The molecular formula is C20H26N2O. The summed E-state index contributed by atoms with van der Waals surface area (Å²) in [6, 6.07) is 7.08. The van der Waals surface area contributed by atoms with E-state index in [1.54, 1.807) is 0 Å². The van der Waals surface area contributed by atoms with Crippen LogP contribution in [0.5, 0.6) is 0 Å². The molecule has 23 heavy (non-hydrogen) atoms. The van der Waals surface area contributed by atoms with E-state index in [-0.39, 0.29) is 0 Å². The van der Waals surface area contributed by atoms with Crippen LogP contribution < -0.4 is 0 Å². The number of hydrogen-bond donors (Lipinski definition) is 1. The molecule has 1 heterocycles. The minimum Gasteiger partial charge on any atom is -0.411 e. The fourth-order valence-electron chi connectivity index (χ4n) is 4.69. The minimum atomic E-state index is 0.739. The molecule has 2 aliphatic rings. The van der Waals surface area contributed by atoms with E-state index in [1.165, 1.54) is 59.8 Å². The lowest BCUT2D eigenvalue weighted by Gasteiger charge is -2.22. The first kappa shape index (κ1) is 14.8. The number of oxime groups is 1. The summed E-state index contributed by atoms with van der Waals surface area (Å²) in [4.78, 5) is 0. The molecule has 0 aliphatic heterocycles. The van der Waals surface area contributed by atoms with Gasteiger partial charge in [0.1, 0.15) is 5.71 Å². The van der Waals surface area contributed by atoms with Gasteiger partial charge in [-0.25, -0.2) is 0 Å². The normalized spacial score (nSPS) is 21.0. The molecule has 3 nitrogen and oxygen atoms in total. The Hall–Kier alpha value is -1.77. The Balaban J connectivity index is 1.88. The summed E-state index contributed by atoms with van der Waals surface area (Å²) in [5, 5.41) is 14.4. The molecule has 1 N–H and O–H groups in total. The SMILES string of the molecule is CCn1c2c(c3cc(C4CCCCC4)ccc31)CCCC2=NO. The van der Waals surface area contributed by atoms with Crippen LogP contribution in [0.4, 0.5) is 0 Å². The molecule has 0 unspecified atom stereocenters. The van der Waals surface area contributed by atoms with Crippen molar-refractivity contribution in [2.45, 2.75) is 70.8 Å². The summed E-state index contributed by atoms with van der Waals surface area (Å²) in [5.41, 5.74) is 6.26. The molecule has 0 radical (unpaired) electrons. The van der Waals surface area contributed by atoms with Crippen LogP contribution in [-0.2, 0) is 13.0 Å². The van der Waals surface area contributed by atoms with E-state index < -0.39 is 0 Å². The first-order valence-electron chi connectivity index (χ1n) is 9.19. The number of hydrogen-bond acceptors (Lipinski definition) is 2. The Labute approximate surface area is 138 Å². The van der Waals surface area contributed by atoms with Crippen LogP contribution in [0.1, 0.15) is 74.6 Å². The van der Waals surface area contributed by atoms with Gasteiger partial charge in [0.15, 0.2) is 0 Å². The molecule has 1 aromatic heterocycles. The molecule has 0 amide bonds. The number of nitrogens with zero attached hydrogens (tertiary/aromatic N) is 2. The molecule has 0 spiro atoms. The second kappa shape index (κ2) is 6.03. The largest absolute Gasteiger partial charge is 0.411 e. The maximum atomic E-state index is 9.42. The molecule has 1 fully saturated rings. The molecular weight excluding hydrogens is 284 g/mol. The van der Waals surface area contributed by atoms with Crippen LogP contribution >= 0.6 is 0 Å². The third kappa shape index (κ3) is 2.37. The minimum absolute atomic E-state index is 0.739. The zero-order valence-corrected chi connectivity index (χ0v) is 14.0. The van der Waals surface area contributed by atoms with Gasteiger partial charge in [0.2, 0.25) is 0 Å². The third-order valence-corrected chi connectivity index (χ3v) is 5.82. The van der Waals surface area contributed by atoms with Crippen molar-refractivity contribution in [1.29, 1.82) is 0 Å². The molecule has 0 bridgehead atoms. The summed E-state index contributed by atoms with van der Waals surface area (Å²) >= 11 is 0. The Morgan fingerprint density at radius 3 is 2.70 bits per heavy atom. The fraction of sp³-hybridized carbons (Fsp3) is 0.550. The third-order valence-electron chi connectivity index (χ3n) is 5.82. The number of aromatic nitrogens is 1. The Morgan fingerprint density at radius 2 is 1.96 bits per heavy atom. The van der Waals surface area contributed by atoms with E-state index in [4.69, 9.17) is 0 Å².